The molecule has 1 saturated heterocycles. The van der Waals surface area contributed by atoms with Gasteiger partial charge in [0.05, 0.1) is 11.9 Å². The molecule has 0 unspecified atom stereocenters. The van der Waals surface area contributed by atoms with E-state index in [0.29, 0.717) is 6.61 Å². The monoisotopic (exact) mass is 345 g/mol. The van der Waals surface area contributed by atoms with Gasteiger partial charge in [-0.2, -0.15) is 4.37 Å². The Labute approximate surface area is 143 Å². The maximum atomic E-state index is 5.08. The summed E-state index contributed by atoms with van der Waals surface area (Å²) in [5, 5.41) is 5.63. The van der Waals surface area contributed by atoms with Crippen LogP contribution in [0.4, 0.5) is 10.9 Å². The van der Waals surface area contributed by atoms with E-state index in [0.717, 1.165) is 54.3 Å². The fourth-order valence-corrected chi connectivity index (χ4v) is 3.57. The number of nitrogens with zero attached hydrogens (tertiary/aromatic N) is 7. The largest absolute Gasteiger partial charge is 0.377 e. The van der Waals surface area contributed by atoms with E-state index < -0.39 is 0 Å². The van der Waals surface area contributed by atoms with Crippen LogP contribution in [0.5, 0.6) is 0 Å². The van der Waals surface area contributed by atoms with Gasteiger partial charge in [0.2, 0.25) is 5.13 Å². The molecular weight excluding hydrogens is 326 g/mol. The zero-order valence-electron chi connectivity index (χ0n) is 13.7. The summed E-state index contributed by atoms with van der Waals surface area (Å²) in [6.45, 7) is 6.07. The summed E-state index contributed by atoms with van der Waals surface area (Å²) in [6.07, 6.45) is 1.95. The molecule has 24 heavy (non-hydrogen) atoms. The molecule has 0 N–H and O–H groups in total. The molecule has 0 saturated carbocycles. The molecular formula is C15H19N7OS. The molecule has 0 radical (unpaired) electrons. The zero-order valence-corrected chi connectivity index (χ0v) is 14.5. The lowest BCUT2D eigenvalue weighted by Gasteiger charge is -2.34. The fourth-order valence-electron chi connectivity index (χ4n) is 2.85. The third-order valence-electron chi connectivity index (χ3n) is 4.03. The Morgan fingerprint density at radius 3 is 2.71 bits per heavy atom. The van der Waals surface area contributed by atoms with Gasteiger partial charge in [-0.05, 0) is 19.1 Å². The van der Waals surface area contributed by atoms with E-state index >= 15 is 0 Å². The first-order chi connectivity index (χ1) is 11.7. The maximum Gasteiger partial charge on any atom is 0.205 e. The third-order valence-corrected chi connectivity index (χ3v) is 4.85. The van der Waals surface area contributed by atoms with Gasteiger partial charge in [0, 0.05) is 44.8 Å². The molecule has 4 rings (SSSR count). The van der Waals surface area contributed by atoms with Crippen molar-refractivity contribution >= 4 is 28.1 Å². The third kappa shape index (κ3) is 2.92. The van der Waals surface area contributed by atoms with Gasteiger partial charge in [0.15, 0.2) is 11.5 Å². The summed E-state index contributed by atoms with van der Waals surface area (Å²) >= 11 is 1.44. The summed E-state index contributed by atoms with van der Waals surface area (Å²) in [4.78, 5) is 13.5. The standard InChI is InChI=1S/C15H19N7OS/c1-11-9-22-13(16-11)3-4-14(18-22)20-5-7-21(8-6-20)15-17-12(10-23-2)19-24-15/h3-4,9H,5-8,10H2,1-2H3. The second kappa shape index (κ2) is 6.33. The summed E-state index contributed by atoms with van der Waals surface area (Å²) in [7, 11) is 1.66. The highest BCUT2D eigenvalue weighted by Gasteiger charge is 2.21. The number of anilines is 2. The molecule has 126 valence electrons. The second-order valence-corrected chi connectivity index (χ2v) is 6.51. The van der Waals surface area contributed by atoms with Crippen molar-refractivity contribution < 1.29 is 4.74 Å². The summed E-state index contributed by atoms with van der Waals surface area (Å²) in [5.41, 5.74) is 1.86. The number of aryl methyl sites for hydroxylation is 1. The molecule has 3 aromatic heterocycles. The SMILES string of the molecule is COCc1nsc(N2CCN(c3ccc4nc(C)cn4n3)CC2)n1. The number of methoxy groups -OCH3 is 1. The molecule has 9 heteroatoms. The average molecular weight is 345 g/mol. The van der Waals surface area contributed by atoms with Crippen molar-refractivity contribution in [2.24, 2.45) is 0 Å². The Kier molecular flexibility index (Phi) is 4.03. The van der Waals surface area contributed by atoms with Crippen molar-refractivity contribution in [1.29, 1.82) is 0 Å². The van der Waals surface area contributed by atoms with Crippen molar-refractivity contribution in [2.45, 2.75) is 13.5 Å². The Morgan fingerprint density at radius 2 is 1.92 bits per heavy atom. The highest BCUT2D eigenvalue weighted by atomic mass is 32.1. The van der Waals surface area contributed by atoms with Gasteiger partial charge < -0.3 is 14.5 Å². The molecule has 3 aromatic rings. The lowest BCUT2D eigenvalue weighted by molar-refractivity contribution is 0.179. The number of imidazole rings is 1. The lowest BCUT2D eigenvalue weighted by Crippen LogP contribution is -2.47. The maximum absolute atomic E-state index is 5.08. The van der Waals surface area contributed by atoms with Gasteiger partial charge in [-0.25, -0.2) is 14.5 Å². The van der Waals surface area contributed by atoms with E-state index in [2.05, 4.69) is 29.2 Å². The number of rotatable bonds is 4. The second-order valence-electron chi connectivity index (χ2n) is 5.78. The molecule has 0 aliphatic carbocycles. The van der Waals surface area contributed by atoms with Gasteiger partial charge in [-0.1, -0.05) is 0 Å². The van der Waals surface area contributed by atoms with Crippen LogP contribution in [0.25, 0.3) is 5.65 Å². The quantitative estimate of drug-likeness (QED) is 0.707. The Morgan fingerprint density at radius 1 is 1.12 bits per heavy atom. The van der Waals surface area contributed by atoms with E-state index in [1.807, 2.05) is 29.8 Å². The zero-order chi connectivity index (χ0) is 16.5. The minimum atomic E-state index is 0.463. The fraction of sp³-hybridized carbons (Fsp3) is 0.467. The lowest BCUT2D eigenvalue weighted by atomic mass is 10.3. The predicted octanol–water partition coefficient (Wildman–Crippen LogP) is 1.36. The van der Waals surface area contributed by atoms with Crippen LogP contribution < -0.4 is 9.80 Å². The van der Waals surface area contributed by atoms with E-state index in [-0.39, 0.29) is 0 Å². The number of piperazine rings is 1. The summed E-state index contributed by atoms with van der Waals surface area (Å²) in [5.74, 6) is 1.74. The van der Waals surface area contributed by atoms with Crippen LogP contribution in [-0.2, 0) is 11.3 Å². The Bertz CT molecular complexity index is 837. The molecule has 0 atom stereocenters. The van der Waals surface area contributed by atoms with Crippen molar-refractivity contribution in [2.75, 3.05) is 43.1 Å². The van der Waals surface area contributed by atoms with Crippen LogP contribution in [0.1, 0.15) is 11.5 Å². The molecule has 0 amide bonds. The first-order valence-corrected chi connectivity index (χ1v) is 8.65. The molecule has 0 aromatic carbocycles. The van der Waals surface area contributed by atoms with Gasteiger partial charge in [-0.15, -0.1) is 5.10 Å². The first-order valence-electron chi connectivity index (χ1n) is 7.87. The van der Waals surface area contributed by atoms with Crippen LogP contribution in [0, 0.1) is 6.92 Å². The topological polar surface area (TPSA) is 71.7 Å². The molecule has 8 nitrogen and oxygen atoms in total. The van der Waals surface area contributed by atoms with E-state index in [1.165, 1.54) is 11.5 Å². The van der Waals surface area contributed by atoms with Crippen LogP contribution in [-0.4, -0.2) is 57.2 Å². The van der Waals surface area contributed by atoms with Gasteiger partial charge >= 0.3 is 0 Å². The van der Waals surface area contributed by atoms with Gasteiger partial charge in [0.1, 0.15) is 12.4 Å². The molecule has 1 aliphatic heterocycles. The summed E-state index contributed by atoms with van der Waals surface area (Å²) < 4.78 is 11.2. The van der Waals surface area contributed by atoms with Crippen molar-refractivity contribution in [3.63, 3.8) is 0 Å². The average Bonchev–Trinajstić information content (AvgIpc) is 3.20. The minimum absolute atomic E-state index is 0.463. The highest BCUT2D eigenvalue weighted by molar-refractivity contribution is 7.09. The van der Waals surface area contributed by atoms with Crippen LogP contribution in [0.3, 0.4) is 0 Å². The predicted molar refractivity (Wildman–Crippen MR) is 92.8 cm³/mol. The van der Waals surface area contributed by atoms with Gasteiger partial charge in [0.25, 0.3) is 0 Å². The molecule has 0 bridgehead atoms. The van der Waals surface area contributed by atoms with E-state index in [1.54, 1.807) is 7.11 Å². The normalized spacial score (nSPS) is 15.4. The van der Waals surface area contributed by atoms with Crippen LogP contribution in [0.2, 0.25) is 0 Å². The molecule has 1 aliphatic rings. The van der Waals surface area contributed by atoms with E-state index in [9.17, 15) is 0 Å². The smallest absolute Gasteiger partial charge is 0.205 e. The number of hydrogen-bond acceptors (Lipinski definition) is 8. The van der Waals surface area contributed by atoms with Crippen LogP contribution in [0.15, 0.2) is 18.3 Å². The van der Waals surface area contributed by atoms with Crippen molar-refractivity contribution in [3.05, 3.63) is 29.8 Å². The van der Waals surface area contributed by atoms with Crippen LogP contribution >= 0.6 is 11.5 Å². The molecule has 4 heterocycles. The van der Waals surface area contributed by atoms with Crippen molar-refractivity contribution in [3.8, 4) is 0 Å². The Balaban J connectivity index is 1.44. The van der Waals surface area contributed by atoms with Crippen molar-refractivity contribution in [1.82, 2.24) is 24.0 Å². The minimum Gasteiger partial charge on any atom is -0.377 e. The number of ether oxygens (including phenoxy) is 1. The number of fused-ring (bicyclic) bond motifs is 1. The summed E-state index contributed by atoms with van der Waals surface area (Å²) in [6, 6.07) is 4.06. The van der Waals surface area contributed by atoms with E-state index in [4.69, 9.17) is 4.74 Å². The first kappa shape index (κ1) is 15.3. The highest BCUT2D eigenvalue weighted by Crippen LogP contribution is 2.21. The Hall–Kier alpha value is -2.26. The molecule has 1 fully saturated rings. The number of aromatic nitrogens is 5. The number of hydrogen-bond donors (Lipinski definition) is 0. The molecule has 0 spiro atoms. The van der Waals surface area contributed by atoms with Gasteiger partial charge in [-0.3, -0.25) is 0 Å².